The van der Waals surface area contributed by atoms with Crippen molar-refractivity contribution in [2.45, 2.75) is 25.3 Å². The van der Waals surface area contributed by atoms with Crippen LogP contribution in [0, 0.1) is 13.8 Å². The lowest BCUT2D eigenvalue weighted by Gasteiger charge is -2.06. The van der Waals surface area contributed by atoms with Crippen LogP contribution in [-0.4, -0.2) is 28.8 Å². The van der Waals surface area contributed by atoms with Crippen molar-refractivity contribution < 1.29 is 9.53 Å². The molecular weight excluding hydrogens is 348 g/mol. The molecule has 3 heterocycles. The molecule has 0 saturated carbocycles. The Balaban J connectivity index is 2.00. The van der Waals surface area contributed by atoms with Gasteiger partial charge >= 0.3 is 5.97 Å². The van der Waals surface area contributed by atoms with Crippen LogP contribution in [0.4, 0.5) is 0 Å². The van der Waals surface area contributed by atoms with Crippen LogP contribution in [-0.2, 0) is 9.53 Å². The molecule has 0 N–H and O–H groups in total. The van der Waals surface area contributed by atoms with E-state index in [1.165, 1.54) is 17.6 Å². The smallest absolute Gasteiger partial charge is 0.306 e. The van der Waals surface area contributed by atoms with Gasteiger partial charge in [-0.05, 0) is 30.9 Å². The van der Waals surface area contributed by atoms with Crippen molar-refractivity contribution in [3.8, 4) is 10.7 Å². The summed E-state index contributed by atoms with van der Waals surface area (Å²) in [6.07, 6.45) is 0.378. The molecule has 0 aliphatic heterocycles. The van der Waals surface area contributed by atoms with Crippen molar-refractivity contribution in [1.29, 1.82) is 0 Å². The summed E-state index contributed by atoms with van der Waals surface area (Å²) >= 11 is 4.92. The Morgan fingerprint density at radius 1 is 1.35 bits per heavy atom. The van der Waals surface area contributed by atoms with Crippen molar-refractivity contribution in [3.05, 3.63) is 28.0 Å². The molecule has 120 valence electrons. The third-order valence-corrected chi connectivity index (χ3v) is 6.45. The van der Waals surface area contributed by atoms with Crippen LogP contribution < -0.4 is 0 Å². The van der Waals surface area contributed by atoms with Crippen LogP contribution in [0.5, 0.6) is 0 Å². The molecule has 0 aliphatic rings. The summed E-state index contributed by atoms with van der Waals surface area (Å²) in [6.45, 7) is 4.21. The van der Waals surface area contributed by atoms with Gasteiger partial charge in [0.1, 0.15) is 9.86 Å². The van der Waals surface area contributed by atoms with E-state index < -0.39 is 0 Å². The number of rotatable bonds is 5. The Bertz CT molecular complexity index is 841. The van der Waals surface area contributed by atoms with E-state index in [1.54, 1.807) is 34.4 Å². The highest BCUT2D eigenvalue weighted by atomic mass is 32.2. The fraction of sp³-hybridized carbons (Fsp3) is 0.312. The lowest BCUT2D eigenvalue weighted by atomic mass is 10.2. The molecule has 3 rings (SSSR count). The standard InChI is InChI=1S/C16H16N2O2S3/c1-9-10(2)23-16-13(9)15(22-8-6-12(19)20-3)17-14(18-16)11-5-4-7-21-11/h4-5,7H,6,8H2,1-3H3. The van der Waals surface area contributed by atoms with Gasteiger partial charge < -0.3 is 4.74 Å². The number of aryl methyl sites for hydroxylation is 2. The van der Waals surface area contributed by atoms with Crippen LogP contribution in [0.3, 0.4) is 0 Å². The number of esters is 1. The molecule has 7 heteroatoms. The van der Waals surface area contributed by atoms with Crippen LogP contribution in [0.15, 0.2) is 22.5 Å². The van der Waals surface area contributed by atoms with Crippen LogP contribution in [0.25, 0.3) is 20.9 Å². The van der Waals surface area contributed by atoms with Gasteiger partial charge in [-0.15, -0.1) is 34.4 Å². The zero-order valence-electron chi connectivity index (χ0n) is 13.1. The zero-order chi connectivity index (χ0) is 16.4. The maximum absolute atomic E-state index is 11.3. The van der Waals surface area contributed by atoms with Crippen LogP contribution in [0.2, 0.25) is 0 Å². The number of fused-ring (bicyclic) bond motifs is 1. The predicted molar refractivity (Wildman–Crippen MR) is 97.6 cm³/mol. The average Bonchev–Trinajstić information content (AvgIpc) is 3.16. The Hall–Kier alpha value is -1.44. The number of nitrogens with zero attached hydrogens (tertiary/aromatic N) is 2. The van der Waals surface area contributed by atoms with Crippen molar-refractivity contribution in [2.24, 2.45) is 0 Å². The predicted octanol–water partition coefficient (Wildman–Crippen LogP) is 4.69. The first-order valence-corrected chi connectivity index (χ1v) is 9.79. The molecule has 23 heavy (non-hydrogen) atoms. The number of thiophene rings is 2. The lowest BCUT2D eigenvalue weighted by Crippen LogP contribution is -2.01. The van der Waals surface area contributed by atoms with Gasteiger partial charge in [0.25, 0.3) is 0 Å². The highest BCUT2D eigenvalue weighted by Gasteiger charge is 2.16. The summed E-state index contributed by atoms with van der Waals surface area (Å²) in [5.41, 5.74) is 1.23. The maximum Gasteiger partial charge on any atom is 0.306 e. The molecule has 0 saturated heterocycles. The third-order valence-electron chi connectivity index (χ3n) is 3.51. The van der Waals surface area contributed by atoms with Gasteiger partial charge in [0.2, 0.25) is 0 Å². The first-order chi connectivity index (χ1) is 11.1. The Labute approximate surface area is 146 Å². The first kappa shape index (κ1) is 16.4. The largest absolute Gasteiger partial charge is 0.469 e. The SMILES string of the molecule is COC(=O)CCSc1nc(-c2cccs2)nc2sc(C)c(C)c12. The molecule has 0 aromatic carbocycles. The van der Waals surface area contributed by atoms with Crippen molar-refractivity contribution in [2.75, 3.05) is 12.9 Å². The fourth-order valence-corrected chi connectivity index (χ4v) is 4.92. The molecule has 0 spiro atoms. The van der Waals surface area contributed by atoms with E-state index in [4.69, 9.17) is 14.7 Å². The highest BCUT2D eigenvalue weighted by molar-refractivity contribution is 7.99. The summed E-state index contributed by atoms with van der Waals surface area (Å²) in [4.78, 5) is 24.1. The minimum absolute atomic E-state index is 0.195. The molecule has 0 amide bonds. The number of hydrogen-bond donors (Lipinski definition) is 0. The van der Waals surface area contributed by atoms with Crippen molar-refractivity contribution in [3.63, 3.8) is 0 Å². The molecule has 4 nitrogen and oxygen atoms in total. The van der Waals surface area contributed by atoms with Gasteiger partial charge in [0.05, 0.1) is 18.4 Å². The molecule has 3 aromatic rings. The molecule has 0 radical (unpaired) electrons. The summed E-state index contributed by atoms with van der Waals surface area (Å²) in [7, 11) is 1.41. The average molecular weight is 365 g/mol. The summed E-state index contributed by atoms with van der Waals surface area (Å²) in [6, 6.07) is 4.03. The molecule has 0 aliphatic carbocycles. The zero-order valence-corrected chi connectivity index (χ0v) is 15.5. The van der Waals surface area contributed by atoms with Gasteiger partial charge in [-0.25, -0.2) is 9.97 Å². The van der Waals surface area contributed by atoms with E-state index in [0.29, 0.717) is 12.2 Å². The van der Waals surface area contributed by atoms with E-state index in [9.17, 15) is 4.79 Å². The second-order valence-electron chi connectivity index (χ2n) is 4.97. The second kappa shape index (κ2) is 6.98. The van der Waals surface area contributed by atoms with Crippen molar-refractivity contribution in [1.82, 2.24) is 9.97 Å². The van der Waals surface area contributed by atoms with E-state index in [1.807, 2.05) is 17.5 Å². The Morgan fingerprint density at radius 2 is 2.17 bits per heavy atom. The Morgan fingerprint density at radius 3 is 2.87 bits per heavy atom. The van der Waals surface area contributed by atoms with Gasteiger partial charge in [-0.3, -0.25) is 4.79 Å². The fourth-order valence-electron chi connectivity index (χ4n) is 2.17. The van der Waals surface area contributed by atoms with Gasteiger partial charge in [0.15, 0.2) is 5.82 Å². The van der Waals surface area contributed by atoms with Gasteiger partial charge in [-0.1, -0.05) is 6.07 Å². The number of hydrogen-bond acceptors (Lipinski definition) is 7. The number of carbonyl (C=O) groups excluding carboxylic acids is 1. The number of carbonyl (C=O) groups is 1. The number of ether oxygens (including phenoxy) is 1. The number of methoxy groups -OCH3 is 1. The van der Waals surface area contributed by atoms with E-state index >= 15 is 0 Å². The summed E-state index contributed by atoms with van der Waals surface area (Å²) < 4.78 is 4.70. The Kier molecular flexibility index (Phi) is 4.99. The van der Waals surface area contributed by atoms with Gasteiger partial charge in [-0.2, -0.15) is 0 Å². The van der Waals surface area contributed by atoms with Gasteiger partial charge in [0, 0.05) is 16.0 Å². The number of thioether (sulfide) groups is 1. The quantitative estimate of drug-likeness (QED) is 0.373. The molecule has 0 bridgehead atoms. The van der Waals surface area contributed by atoms with E-state index in [-0.39, 0.29) is 5.97 Å². The van der Waals surface area contributed by atoms with Crippen LogP contribution in [0.1, 0.15) is 16.9 Å². The molecule has 0 fully saturated rings. The molecular formula is C16H16N2O2S3. The molecule has 0 atom stereocenters. The van der Waals surface area contributed by atoms with Crippen molar-refractivity contribution >= 4 is 50.6 Å². The topological polar surface area (TPSA) is 52.1 Å². The monoisotopic (exact) mass is 364 g/mol. The minimum atomic E-state index is -0.195. The lowest BCUT2D eigenvalue weighted by molar-refractivity contribution is -0.140. The normalized spacial score (nSPS) is 11.1. The third kappa shape index (κ3) is 3.41. The van der Waals surface area contributed by atoms with E-state index in [0.717, 1.165) is 25.9 Å². The summed E-state index contributed by atoms with van der Waals surface area (Å²) in [5.74, 6) is 1.21. The highest BCUT2D eigenvalue weighted by Crippen LogP contribution is 2.37. The minimum Gasteiger partial charge on any atom is -0.469 e. The molecule has 3 aromatic heterocycles. The van der Waals surface area contributed by atoms with Crippen LogP contribution >= 0.6 is 34.4 Å². The first-order valence-electron chi connectivity index (χ1n) is 7.11. The summed E-state index contributed by atoms with van der Waals surface area (Å²) in [5, 5.41) is 4.09. The second-order valence-corrected chi connectivity index (χ2v) is 8.20. The maximum atomic E-state index is 11.3. The number of aromatic nitrogens is 2. The molecule has 0 unspecified atom stereocenters. The van der Waals surface area contributed by atoms with E-state index in [2.05, 4.69) is 13.8 Å².